The maximum atomic E-state index is 11.3. The monoisotopic (exact) mass is 264 g/mol. The van der Waals surface area contributed by atoms with E-state index in [4.69, 9.17) is 0 Å². The van der Waals surface area contributed by atoms with Gasteiger partial charge in [0.05, 0.1) is 18.1 Å². The summed E-state index contributed by atoms with van der Waals surface area (Å²) in [5, 5.41) is 12.5. The summed E-state index contributed by atoms with van der Waals surface area (Å²) in [5.74, 6) is 0.554. The van der Waals surface area contributed by atoms with Gasteiger partial charge in [-0.15, -0.1) is 0 Å². The number of aliphatic hydroxyl groups excluding tert-OH is 1. The van der Waals surface area contributed by atoms with Crippen LogP contribution in [-0.2, 0) is 9.84 Å². The number of hydrogen-bond donors (Lipinski definition) is 2. The van der Waals surface area contributed by atoms with E-state index in [1.54, 1.807) is 0 Å². The van der Waals surface area contributed by atoms with Crippen molar-refractivity contribution in [1.29, 1.82) is 0 Å². The molecule has 0 aliphatic carbocycles. The van der Waals surface area contributed by atoms with E-state index in [1.165, 1.54) is 0 Å². The van der Waals surface area contributed by atoms with Crippen LogP contribution in [0.25, 0.3) is 0 Å². The summed E-state index contributed by atoms with van der Waals surface area (Å²) in [6.45, 7) is 5.28. The molecule has 5 nitrogen and oxygen atoms in total. The van der Waals surface area contributed by atoms with E-state index in [-0.39, 0.29) is 24.2 Å². The van der Waals surface area contributed by atoms with Crippen LogP contribution in [0.15, 0.2) is 0 Å². The van der Waals surface area contributed by atoms with Gasteiger partial charge >= 0.3 is 0 Å². The van der Waals surface area contributed by atoms with Gasteiger partial charge in [0, 0.05) is 19.1 Å². The summed E-state index contributed by atoms with van der Waals surface area (Å²) in [5.41, 5.74) is 0. The third-order valence-electron chi connectivity index (χ3n) is 3.13. The number of nitrogens with zero attached hydrogens (tertiary/aromatic N) is 1. The fraction of sp³-hybridized carbons (Fsp3) is 1.00. The third-order valence-corrected chi connectivity index (χ3v) is 4.74. The molecule has 1 saturated heterocycles. The highest BCUT2D eigenvalue weighted by Gasteiger charge is 2.21. The van der Waals surface area contributed by atoms with Crippen molar-refractivity contribution in [1.82, 2.24) is 10.2 Å². The predicted molar refractivity (Wildman–Crippen MR) is 68.9 cm³/mol. The van der Waals surface area contributed by atoms with E-state index in [1.807, 2.05) is 0 Å². The Balaban J connectivity index is 2.21. The number of nitrogens with one attached hydrogen (secondary N) is 1. The molecule has 0 spiro atoms. The van der Waals surface area contributed by atoms with Gasteiger partial charge in [0.15, 0.2) is 9.84 Å². The molecule has 0 aromatic heterocycles. The highest BCUT2D eigenvalue weighted by molar-refractivity contribution is 7.91. The summed E-state index contributed by atoms with van der Waals surface area (Å²) < 4.78 is 22.5. The molecule has 17 heavy (non-hydrogen) atoms. The molecule has 0 radical (unpaired) electrons. The lowest BCUT2D eigenvalue weighted by Gasteiger charge is -2.28. The number of hydrogen-bond acceptors (Lipinski definition) is 5. The Kier molecular flexibility index (Phi) is 6.40. The topological polar surface area (TPSA) is 69.6 Å². The van der Waals surface area contributed by atoms with Crippen molar-refractivity contribution in [3.05, 3.63) is 0 Å². The van der Waals surface area contributed by atoms with Crippen LogP contribution in [0.5, 0.6) is 0 Å². The van der Waals surface area contributed by atoms with Crippen LogP contribution >= 0.6 is 0 Å². The molecule has 0 saturated carbocycles. The number of aliphatic hydroxyl groups is 1. The van der Waals surface area contributed by atoms with Gasteiger partial charge in [-0.05, 0) is 25.9 Å². The first-order valence-corrected chi connectivity index (χ1v) is 8.16. The zero-order valence-electron chi connectivity index (χ0n) is 10.6. The van der Waals surface area contributed by atoms with Crippen molar-refractivity contribution in [2.75, 3.05) is 44.3 Å². The highest BCUT2D eigenvalue weighted by atomic mass is 32.2. The molecular formula is C11H24N2O3S. The molecule has 1 atom stereocenters. The second kappa shape index (κ2) is 7.31. The lowest BCUT2D eigenvalue weighted by Crippen LogP contribution is -2.43. The molecule has 1 aliphatic heterocycles. The molecule has 1 unspecified atom stereocenters. The Morgan fingerprint density at radius 1 is 1.35 bits per heavy atom. The third kappa shape index (κ3) is 5.81. The molecule has 0 aromatic carbocycles. The first-order chi connectivity index (χ1) is 8.07. The second-order valence-corrected chi connectivity index (χ2v) is 6.92. The van der Waals surface area contributed by atoms with Gasteiger partial charge in [-0.25, -0.2) is 8.42 Å². The fourth-order valence-corrected chi connectivity index (χ4v) is 3.20. The summed E-state index contributed by atoms with van der Waals surface area (Å²) in [4.78, 5) is 2.16. The first kappa shape index (κ1) is 14.9. The number of rotatable bonds is 7. The fourth-order valence-electron chi connectivity index (χ4n) is 1.92. The van der Waals surface area contributed by atoms with Gasteiger partial charge in [-0.2, -0.15) is 0 Å². The van der Waals surface area contributed by atoms with E-state index >= 15 is 0 Å². The molecule has 1 fully saturated rings. The molecule has 0 amide bonds. The van der Waals surface area contributed by atoms with E-state index in [0.717, 1.165) is 25.9 Å². The molecular weight excluding hydrogens is 240 g/mol. The average Bonchev–Trinajstić information content (AvgIpc) is 2.31. The average molecular weight is 264 g/mol. The van der Waals surface area contributed by atoms with Crippen LogP contribution in [0.1, 0.15) is 19.8 Å². The summed E-state index contributed by atoms with van der Waals surface area (Å²) >= 11 is 0. The lowest BCUT2D eigenvalue weighted by molar-refractivity contribution is 0.210. The molecule has 6 heteroatoms. The van der Waals surface area contributed by atoms with Gasteiger partial charge < -0.3 is 15.3 Å². The highest BCUT2D eigenvalue weighted by Crippen LogP contribution is 2.05. The van der Waals surface area contributed by atoms with Crippen molar-refractivity contribution >= 4 is 9.84 Å². The van der Waals surface area contributed by atoms with E-state index in [0.29, 0.717) is 13.1 Å². The van der Waals surface area contributed by atoms with Gasteiger partial charge in [-0.1, -0.05) is 6.92 Å². The number of sulfone groups is 1. The molecule has 1 rings (SSSR count). The van der Waals surface area contributed by atoms with Crippen LogP contribution < -0.4 is 5.32 Å². The Morgan fingerprint density at radius 3 is 2.53 bits per heavy atom. The summed E-state index contributed by atoms with van der Waals surface area (Å²) in [7, 11) is -2.78. The molecule has 1 heterocycles. The Labute approximate surface area is 104 Å². The molecule has 0 aromatic rings. The Morgan fingerprint density at radius 2 is 2.00 bits per heavy atom. The zero-order chi connectivity index (χ0) is 12.7. The standard InChI is InChI=1S/C11H24N2O3S/c1-2-4-12-11(10-14)3-5-13-6-8-17(15,16)9-7-13/h11-12,14H,2-10H2,1H3. The first-order valence-electron chi connectivity index (χ1n) is 6.34. The minimum Gasteiger partial charge on any atom is -0.395 e. The lowest BCUT2D eigenvalue weighted by atomic mass is 10.2. The molecule has 102 valence electrons. The second-order valence-electron chi connectivity index (χ2n) is 4.62. The van der Waals surface area contributed by atoms with Crippen molar-refractivity contribution in [3.63, 3.8) is 0 Å². The quantitative estimate of drug-likeness (QED) is 0.647. The molecule has 0 bridgehead atoms. The van der Waals surface area contributed by atoms with Gasteiger partial charge in [0.1, 0.15) is 0 Å². The van der Waals surface area contributed by atoms with Crippen molar-refractivity contribution < 1.29 is 13.5 Å². The SMILES string of the molecule is CCCNC(CO)CCN1CCS(=O)(=O)CC1. The van der Waals surface area contributed by atoms with Gasteiger partial charge in [-0.3, -0.25) is 0 Å². The van der Waals surface area contributed by atoms with E-state index in [9.17, 15) is 13.5 Å². The molecule has 1 aliphatic rings. The minimum absolute atomic E-state index is 0.133. The maximum Gasteiger partial charge on any atom is 0.152 e. The van der Waals surface area contributed by atoms with Crippen LogP contribution in [0.2, 0.25) is 0 Å². The van der Waals surface area contributed by atoms with Crippen molar-refractivity contribution in [2.24, 2.45) is 0 Å². The summed E-state index contributed by atoms with van der Waals surface area (Å²) in [6.07, 6.45) is 1.93. The smallest absolute Gasteiger partial charge is 0.152 e. The Hall–Kier alpha value is -0.170. The zero-order valence-corrected chi connectivity index (χ0v) is 11.4. The van der Waals surface area contributed by atoms with E-state index < -0.39 is 9.84 Å². The molecule has 2 N–H and O–H groups in total. The largest absolute Gasteiger partial charge is 0.395 e. The van der Waals surface area contributed by atoms with E-state index in [2.05, 4.69) is 17.1 Å². The summed E-state index contributed by atoms with van der Waals surface area (Å²) in [6, 6.07) is 0.133. The van der Waals surface area contributed by atoms with Crippen molar-refractivity contribution in [2.45, 2.75) is 25.8 Å². The minimum atomic E-state index is -2.78. The van der Waals surface area contributed by atoms with Gasteiger partial charge in [0.25, 0.3) is 0 Å². The predicted octanol–water partition coefficient (Wildman–Crippen LogP) is -0.533. The van der Waals surface area contributed by atoms with Crippen LogP contribution in [0, 0.1) is 0 Å². The Bertz CT molecular complexity index is 292. The van der Waals surface area contributed by atoms with Crippen LogP contribution in [-0.4, -0.2) is 68.8 Å². The normalized spacial score (nSPS) is 22.5. The van der Waals surface area contributed by atoms with Crippen molar-refractivity contribution in [3.8, 4) is 0 Å². The van der Waals surface area contributed by atoms with Crippen LogP contribution in [0.4, 0.5) is 0 Å². The maximum absolute atomic E-state index is 11.3. The van der Waals surface area contributed by atoms with Gasteiger partial charge in [0.2, 0.25) is 0 Å². The van der Waals surface area contributed by atoms with Crippen LogP contribution in [0.3, 0.4) is 0 Å².